The summed E-state index contributed by atoms with van der Waals surface area (Å²) in [6.45, 7) is 1.35. The number of carbonyl (C=O) groups excluding carboxylic acids is 2. The van der Waals surface area contributed by atoms with Crippen molar-refractivity contribution < 1.29 is 19.2 Å². The Morgan fingerprint density at radius 1 is 1.35 bits per heavy atom. The molecule has 0 unspecified atom stereocenters. The van der Waals surface area contributed by atoms with Crippen LogP contribution in [0, 0.1) is 10.1 Å². The highest BCUT2D eigenvalue weighted by atomic mass is 35.5. The van der Waals surface area contributed by atoms with Gasteiger partial charge in [0.15, 0.2) is 6.10 Å². The van der Waals surface area contributed by atoms with Crippen LogP contribution in [0.3, 0.4) is 0 Å². The molecule has 0 fully saturated rings. The fraction of sp³-hybridized carbons (Fsp3) is 0.188. The Balaban J connectivity index is 2.12. The number of nitro groups is 1. The predicted molar refractivity (Wildman–Crippen MR) is 97.6 cm³/mol. The van der Waals surface area contributed by atoms with Crippen LogP contribution in [0.4, 0.5) is 11.5 Å². The minimum absolute atomic E-state index is 0.217. The van der Waals surface area contributed by atoms with Gasteiger partial charge in [0.2, 0.25) is 0 Å². The summed E-state index contributed by atoms with van der Waals surface area (Å²) >= 11 is 7.03. The third-order valence-electron chi connectivity index (χ3n) is 3.25. The number of ether oxygens (including phenoxy) is 1. The maximum atomic E-state index is 12.3. The number of esters is 1. The highest BCUT2D eigenvalue weighted by Gasteiger charge is 2.26. The summed E-state index contributed by atoms with van der Waals surface area (Å²) in [7, 11) is 0. The predicted octanol–water partition coefficient (Wildman–Crippen LogP) is 3.55. The summed E-state index contributed by atoms with van der Waals surface area (Å²) in [5.74, 6) is -1.35. The van der Waals surface area contributed by atoms with Crippen molar-refractivity contribution in [2.45, 2.75) is 17.9 Å². The number of nitrogens with one attached hydrogen (secondary N) is 1. The van der Waals surface area contributed by atoms with Crippen molar-refractivity contribution in [3.63, 3.8) is 0 Å². The summed E-state index contributed by atoms with van der Waals surface area (Å²) in [6, 6.07) is 7.14. The number of benzene rings is 1. The molecule has 0 radical (unpaired) electrons. The first-order chi connectivity index (χ1) is 12.3. The normalized spacial score (nSPS) is 11.5. The number of carbonyl (C=O) groups is 2. The molecule has 1 N–H and O–H groups in total. The van der Waals surface area contributed by atoms with E-state index in [4.69, 9.17) is 16.3 Å². The lowest BCUT2D eigenvalue weighted by atomic mass is 10.2. The molecule has 1 amide bonds. The fourth-order valence-corrected chi connectivity index (χ4v) is 2.47. The zero-order valence-corrected chi connectivity index (χ0v) is 15.3. The van der Waals surface area contributed by atoms with Crippen LogP contribution < -0.4 is 5.32 Å². The molecule has 1 heterocycles. The number of amides is 1. The number of rotatable bonds is 6. The maximum Gasteiger partial charge on any atom is 0.345 e. The first-order valence-corrected chi connectivity index (χ1v) is 8.88. The maximum absolute atomic E-state index is 12.3. The molecule has 8 nitrogen and oxygen atoms in total. The molecular weight excluding hydrogens is 382 g/mol. The van der Waals surface area contributed by atoms with Crippen LogP contribution in [0.5, 0.6) is 0 Å². The Kier molecular flexibility index (Phi) is 6.53. The monoisotopic (exact) mass is 395 g/mol. The van der Waals surface area contributed by atoms with Gasteiger partial charge >= 0.3 is 5.97 Å². The van der Waals surface area contributed by atoms with E-state index in [1.54, 1.807) is 6.26 Å². The van der Waals surface area contributed by atoms with Gasteiger partial charge < -0.3 is 10.1 Å². The summed E-state index contributed by atoms with van der Waals surface area (Å²) in [4.78, 5) is 39.4. The van der Waals surface area contributed by atoms with Crippen molar-refractivity contribution in [1.82, 2.24) is 4.98 Å². The number of nitro benzene ring substituents is 1. The van der Waals surface area contributed by atoms with Crippen molar-refractivity contribution in [3.05, 3.63) is 57.2 Å². The topological polar surface area (TPSA) is 111 Å². The summed E-state index contributed by atoms with van der Waals surface area (Å²) in [5.41, 5.74) is -0.606. The number of halogens is 1. The minimum atomic E-state index is -1.18. The largest absolute Gasteiger partial charge is 0.449 e. The first-order valence-electron chi connectivity index (χ1n) is 7.27. The van der Waals surface area contributed by atoms with Gasteiger partial charge in [-0.25, -0.2) is 9.78 Å². The van der Waals surface area contributed by atoms with Crippen molar-refractivity contribution >= 4 is 46.7 Å². The van der Waals surface area contributed by atoms with Gasteiger partial charge in [-0.05, 0) is 37.4 Å². The van der Waals surface area contributed by atoms with E-state index in [0.29, 0.717) is 9.92 Å². The van der Waals surface area contributed by atoms with Crippen LogP contribution in [0.25, 0.3) is 0 Å². The molecular formula is C16H14ClN3O5S. The van der Waals surface area contributed by atoms with E-state index in [-0.39, 0.29) is 17.1 Å². The zero-order valence-electron chi connectivity index (χ0n) is 13.8. The van der Waals surface area contributed by atoms with E-state index < -0.39 is 22.9 Å². The van der Waals surface area contributed by atoms with Crippen LogP contribution in [0.2, 0.25) is 5.02 Å². The van der Waals surface area contributed by atoms with Gasteiger partial charge in [0.05, 0.1) is 9.95 Å². The Morgan fingerprint density at radius 2 is 2.08 bits per heavy atom. The highest BCUT2D eigenvalue weighted by Crippen LogP contribution is 2.25. The van der Waals surface area contributed by atoms with E-state index in [1.165, 1.54) is 55.2 Å². The molecule has 0 aliphatic carbocycles. The molecule has 1 aromatic heterocycles. The number of nitrogens with zero attached hydrogens (tertiary/aromatic N) is 2. The van der Waals surface area contributed by atoms with E-state index >= 15 is 0 Å². The Bertz CT molecular complexity index is 844. The molecule has 1 aromatic carbocycles. The third kappa shape index (κ3) is 4.93. The van der Waals surface area contributed by atoms with Gasteiger partial charge in [-0.3, -0.25) is 14.9 Å². The Hall–Kier alpha value is -2.65. The second-order valence-electron chi connectivity index (χ2n) is 5.04. The third-order valence-corrected chi connectivity index (χ3v) is 4.20. The van der Waals surface area contributed by atoms with Gasteiger partial charge in [0, 0.05) is 17.2 Å². The number of pyridine rings is 1. The lowest BCUT2D eigenvalue weighted by Gasteiger charge is -2.13. The van der Waals surface area contributed by atoms with Crippen molar-refractivity contribution in [2.75, 3.05) is 11.6 Å². The molecule has 10 heteroatoms. The van der Waals surface area contributed by atoms with Gasteiger partial charge in [-0.1, -0.05) is 11.6 Å². The van der Waals surface area contributed by atoms with Crippen LogP contribution in [-0.4, -0.2) is 34.1 Å². The fourth-order valence-electron chi connectivity index (χ4n) is 1.92. The molecule has 0 aliphatic heterocycles. The molecule has 1 atom stereocenters. The Labute approximate surface area is 158 Å². The minimum Gasteiger partial charge on any atom is -0.449 e. The van der Waals surface area contributed by atoms with Gasteiger partial charge in [0.25, 0.3) is 11.6 Å². The summed E-state index contributed by atoms with van der Waals surface area (Å²) < 4.78 is 5.07. The molecule has 0 aliphatic rings. The van der Waals surface area contributed by atoms with E-state index in [0.717, 1.165) is 0 Å². The van der Waals surface area contributed by atoms with E-state index in [2.05, 4.69) is 10.3 Å². The number of aromatic nitrogens is 1. The number of thioether (sulfide) groups is 1. The number of hydrogen-bond acceptors (Lipinski definition) is 7. The Morgan fingerprint density at radius 3 is 2.65 bits per heavy atom. The van der Waals surface area contributed by atoms with E-state index in [1.807, 2.05) is 0 Å². The highest BCUT2D eigenvalue weighted by molar-refractivity contribution is 7.98. The SMILES string of the molecule is CSc1ccc([N+](=O)[O-])c(C(=O)O[C@@H](C)C(=O)Nc2ccc(Cl)cn2)c1. The lowest BCUT2D eigenvalue weighted by Crippen LogP contribution is -2.30. The lowest BCUT2D eigenvalue weighted by molar-refractivity contribution is -0.385. The second-order valence-corrected chi connectivity index (χ2v) is 6.35. The van der Waals surface area contributed by atoms with Gasteiger partial charge in [-0.15, -0.1) is 11.8 Å². The van der Waals surface area contributed by atoms with Crippen LogP contribution in [0.1, 0.15) is 17.3 Å². The van der Waals surface area contributed by atoms with Crippen LogP contribution >= 0.6 is 23.4 Å². The molecule has 2 rings (SSSR count). The van der Waals surface area contributed by atoms with Gasteiger partial charge in [-0.2, -0.15) is 0 Å². The standard InChI is InChI=1S/C16H14ClN3O5S/c1-9(15(21)19-14-6-3-10(17)8-18-14)25-16(22)12-7-11(26-2)4-5-13(12)20(23)24/h3-9H,1-2H3,(H,18,19,21)/t9-/m0/s1. The zero-order chi connectivity index (χ0) is 19.3. The first kappa shape index (κ1) is 19.7. The molecule has 0 saturated carbocycles. The average molecular weight is 396 g/mol. The number of anilines is 1. The van der Waals surface area contributed by atoms with Crippen LogP contribution in [0.15, 0.2) is 41.4 Å². The van der Waals surface area contributed by atoms with Crippen molar-refractivity contribution in [2.24, 2.45) is 0 Å². The summed E-state index contributed by atoms with van der Waals surface area (Å²) in [6.07, 6.45) is 1.94. The quantitative estimate of drug-likeness (QED) is 0.344. The molecule has 2 aromatic rings. The van der Waals surface area contributed by atoms with E-state index in [9.17, 15) is 19.7 Å². The second kappa shape index (κ2) is 8.63. The number of hydrogen-bond donors (Lipinski definition) is 1. The van der Waals surface area contributed by atoms with Crippen molar-refractivity contribution in [1.29, 1.82) is 0 Å². The summed E-state index contributed by atoms with van der Waals surface area (Å²) in [5, 5.41) is 14.0. The van der Waals surface area contributed by atoms with Crippen molar-refractivity contribution in [3.8, 4) is 0 Å². The van der Waals surface area contributed by atoms with Crippen LogP contribution in [-0.2, 0) is 9.53 Å². The molecule has 0 spiro atoms. The molecule has 0 bridgehead atoms. The molecule has 26 heavy (non-hydrogen) atoms. The molecule has 136 valence electrons. The smallest absolute Gasteiger partial charge is 0.345 e. The average Bonchev–Trinajstić information content (AvgIpc) is 2.62. The van der Waals surface area contributed by atoms with Gasteiger partial charge in [0.1, 0.15) is 11.4 Å². The molecule has 0 saturated heterocycles.